The maximum Gasteiger partial charge on any atom is 0.246 e. The van der Waals surface area contributed by atoms with Crippen LogP contribution in [0.15, 0.2) is 53.9 Å². The van der Waals surface area contributed by atoms with Gasteiger partial charge in [-0.2, -0.15) is 5.10 Å². The van der Waals surface area contributed by atoms with E-state index in [0.717, 1.165) is 42.1 Å². The summed E-state index contributed by atoms with van der Waals surface area (Å²) < 4.78 is 1.71. The largest absolute Gasteiger partial charge is 0.357 e. The average molecular weight is 533 g/mol. The van der Waals surface area contributed by atoms with Crippen molar-refractivity contribution in [3.8, 4) is 0 Å². The topological polar surface area (TPSA) is 78.7 Å². The van der Waals surface area contributed by atoms with E-state index in [2.05, 4.69) is 39.7 Å². The fourth-order valence-corrected chi connectivity index (χ4v) is 3.75. The number of halogens is 1. The molecular weight excluding hydrogens is 505 g/mol. The number of anilines is 1. The molecule has 9 heteroatoms. The van der Waals surface area contributed by atoms with Crippen molar-refractivity contribution in [2.45, 2.75) is 13.3 Å². The second-order valence-electron chi connectivity index (χ2n) is 7.32. The van der Waals surface area contributed by atoms with Crippen molar-refractivity contribution < 1.29 is 4.79 Å². The van der Waals surface area contributed by atoms with Crippen molar-refractivity contribution in [2.75, 3.05) is 37.6 Å². The van der Waals surface area contributed by atoms with Gasteiger partial charge in [0, 0.05) is 51.0 Å². The lowest BCUT2D eigenvalue weighted by molar-refractivity contribution is -0.120. The van der Waals surface area contributed by atoms with Crippen LogP contribution >= 0.6 is 24.0 Å². The fraction of sp³-hybridized carbons (Fsp3) is 0.364. The minimum absolute atomic E-state index is 0. The van der Waals surface area contributed by atoms with Crippen molar-refractivity contribution >= 4 is 52.4 Å². The molecule has 1 fully saturated rings. The molecule has 1 N–H and O–H groups in total. The van der Waals surface area contributed by atoms with Crippen molar-refractivity contribution in [3.05, 3.63) is 54.5 Å². The highest BCUT2D eigenvalue weighted by atomic mass is 127. The van der Waals surface area contributed by atoms with Crippen LogP contribution in [0.4, 0.5) is 5.69 Å². The van der Waals surface area contributed by atoms with Crippen molar-refractivity contribution in [2.24, 2.45) is 12.0 Å². The number of piperazine rings is 1. The molecule has 1 aromatic carbocycles. The van der Waals surface area contributed by atoms with Gasteiger partial charge in [-0.25, -0.2) is 0 Å². The molecule has 1 aliphatic heterocycles. The fourth-order valence-electron chi connectivity index (χ4n) is 3.75. The van der Waals surface area contributed by atoms with Crippen LogP contribution in [0.1, 0.15) is 12.5 Å². The molecule has 164 valence electrons. The lowest BCUT2D eigenvalue weighted by Gasteiger charge is -2.35. The average Bonchev–Trinajstić information content (AvgIpc) is 3.19. The van der Waals surface area contributed by atoms with Gasteiger partial charge in [-0.05, 0) is 25.0 Å². The highest BCUT2D eigenvalue weighted by Gasteiger charge is 2.27. The third kappa shape index (κ3) is 5.33. The molecule has 3 heterocycles. The molecule has 4 rings (SSSR count). The van der Waals surface area contributed by atoms with Crippen LogP contribution in [0.25, 0.3) is 10.9 Å². The Morgan fingerprint density at radius 3 is 2.81 bits per heavy atom. The van der Waals surface area contributed by atoms with Crippen LogP contribution in [0.5, 0.6) is 0 Å². The second kappa shape index (κ2) is 10.6. The summed E-state index contributed by atoms with van der Waals surface area (Å²) in [6.07, 6.45) is 6.22. The lowest BCUT2D eigenvalue weighted by atomic mass is 10.1. The van der Waals surface area contributed by atoms with Gasteiger partial charge in [-0.1, -0.05) is 24.3 Å². The first-order valence-electron chi connectivity index (χ1n) is 10.3. The van der Waals surface area contributed by atoms with E-state index in [1.54, 1.807) is 15.8 Å². The summed E-state index contributed by atoms with van der Waals surface area (Å²) in [6.45, 7) is 5.07. The molecule has 1 aliphatic rings. The molecule has 0 radical (unpaired) electrons. The number of pyridine rings is 1. The predicted molar refractivity (Wildman–Crippen MR) is 134 cm³/mol. The number of guanidine groups is 1. The number of para-hydroxylation sites is 1. The third-order valence-corrected chi connectivity index (χ3v) is 5.22. The number of fused-ring (bicyclic) bond motifs is 1. The second-order valence-corrected chi connectivity index (χ2v) is 7.32. The number of amides is 1. The highest BCUT2D eigenvalue weighted by molar-refractivity contribution is 14.0. The Balaban J connectivity index is 0.00000272. The summed E-state index contributed by atoms with van der Waals surface area (Å²) in [6, 6.07) is 10.3. The molecule has 1 saturated heterocycles. The summed E-state index contributed by atoms with van der Waals surface area (Å²) >= 11 is 0. The first-order valence-corrected chi connectivity index (χ1v) is 10.3. The van der Waals surface area contributed by atoms with Crippen LogP contribution in [0.2, 0.25) is 0 Å². The van der Waals surface area contributed by atoms with Crippen LogP contribution in [0.3, 0.4) is 0 Å². The molecule has 0 bridgehead atoms. The van der Waals surface area contributed by atoms with E-state index < -0.39 is 0 Å². The van der Waals surface area contributed by atoms with Crippen LogP contribution in [0, 0.1) is 0 Å². The maximum atomic E-state index is 12.7. The van der Waals surface area contributed by atoms with Gasteiger partial charge in [0.05, 0.1) is 17.4 Å². The Morgan fingerprint density at radius 2 is 2.06 bits per heavy atom. The Labute approximate surface area is 199 Å². The Morgan fingerprint density at radius 1 is 1.23 bits per heavy atom. The summed E-state index contributed by atoms with van der Waals surface area (Å²) in [5.74, 6) is 0.836. The number of nitrogens with one attached hydrogen (secondary N) is 1. The highest BCUT2D eigenvalue weighted by Crippen LogP contribution is 2.17. The standard InChI is InChI=1S/C22H27N7O.HI/c1-3-23-22(25-11-9-18-7-4-6-17-8-5-10-24-21(17)18)28-12-13-29(20(30)16-28)19-14-26-27(2)15-19;/h4-8,10,14-15H,3,9,11-13,16H2,1-2H3,(H,23,25);1H. The molecule has 0 aliphatic carbocycles. The van der Waals surface area contributed by atoms with E-state index in [4.69, 9.17) is 4.99 Å². The zero-order valence-electron chi connectivity index (χ0n) is 17.9. The number of benzene rings is 1. The molecule has 3 aromatic rings. The zero-order chi connectivity index (χ0) is 20.9. The van der Waals surface area contributed by atoms with Crippen LogP contribution in [-0.2, 0) is 18.3 Å². The Bertz CT molecular complexity index is 1060. The maximum absolute atomic E-state index is 12.7. The van der Waals surface area contributed by atoms with Gasteiger partial charge < -0.3 is 15.1 Å². The first kappa shape index (κ1) is 23.0. The summed E-state index contributed by atoms with van der Waals surface area (Å²) in [5, 5.41) is 8.64. The van der Waals surface area contributed by atoms with E-state index in [0.29, 0.717) is 19.6 Å². The van der Waals surface area contributed by atoms with Gasteiger partial charge in [0.1, 0.15) is 6.54 Å². The number of hydrogen-bond acceptors (Lipinski definition) is 4. The normalized spacial score (nSPS) is 14.6. The number of aryl methyl sites for hydroxylation is 1. The molecule has 8 nitrogen and oxygen atoms in total. The Kier molecular flexibility index (Phi) is 7.83. The minimum atomic E-state index is 0. The molecular formula is C22H28IN7O. The van der Waals surface area contributed by atoms with Gasteiger partial charge >= 0.3 is 0 Å². The number of carbonyl (C=O) groups excluding carboxylic acids is 1. The van der Waals surface area contributed by atoms with E-state index in [1.807, 2.05) is 37.3 Å². The summed E-state index contributed by atoms with van der Waals surface area (Å²) in [7, 11) is 1.85. The minimum Gasteiger partial charge on any atom is -0.357 e. The quantitative estimate of drug-likeness (QED) is 0.310. The summed E-state index contributed by atoms with van der Waals surface area (Å²) in [4.78, 5) is 25.8. The molecule has 0 unspecified atom stereocenters. The monoisotopic (exact) mass is 533 g/mol. The molecule has 0 spiro atoms. The van der Waals surface area contributed by atoms with Gasteiger partial charge in [-0.3, -0.25) is 19.5 Å². The van der Waals surface area contributed by atoms with Gasteiger partial charge in [0.25, 0.3) is 0 Å². The Hall–Kier alpha value is -2.69. The number of aromatic nitrogens is 3. The van der Waals surface area contributed by atoms with Gasteiger partial charge in [0.15, 0.2) is 5.96 Å². The predicted octanol–water partition coefficient (Wildman–Crippen LogP) is 2.44. The third-order valence-electron chi connectivity index (χ3n) is 5.22. The van der Waals surface area contributed by atoms with Crippen LogP contribution in [-0.4, -0.2) is 64.3 Å². The van der Waals surface area contributed by atoms with E-state index >= 15 is 0 Å². The number of rotatable bonds is 5. The van der Waals surface area contributed by atoms with E-state index in [9.17, 15) is 4.79 Å². The number of aliphatic imine (C=N–C) groups is 1. The van der Waals surface area contributed by atoms with E-state index in [1.165, 1.54) is 5.56 Å². The first-order chi connectivity index (χ1) is 14.7. The van der Waals surface area contributed by atoms with Crippen molar-refractivity contribution in [1.29, 1.82) is 0 Å². The molecule has 31 heavy (non-hydrogen) atoms. The number of carbonyl (C=O) groups is 1. The number of nitrogens with zero attached hydrogens (tertiary/aromatic N) is 6. The molecule has 0 saturated carbocycles. The molecule has 1 amide bonds. The van der Waals surface area contributed by atoms with Gasteiger partial charge in [0.2, 0.25) is 5.91 Å². The lowest BCUT2D eigenvalue weighted by Crippen LogP contribution is -2.55. The zero-order valence-corrected chi connectivity index (χ0v) is 20.2. The molecule has 0 atom stereocenters. The smallest absolute Gasteiger partial charge is 0.246 e. The molecule has 2 aromatic heterocycles. The number of hydrogen-bond donors (Lipinski definition) is 1. The van der Waals surface area contributed by atoms with Gasteiger partial charge in [-0.15, -0.1) is 24.0 Å². The van der Waals surface area contributed by atoms with Crippen molar-refractivity contribution in [3.63, 3.8) is 0 Å². The van der Waals surface area contributed by atoms with E-state index in [-0.39, 0.29) is 29.9 Å². The summed E-state index contributed by atoms with van der Waals surface area (Å²) in [5.41, 5.74) is 3.05. The van der Waals surface area contributed by atoms with Crippen molar-refractivity contribution in [1.82, 2.24) is 25.0 Å². The SMILES string of the molecule is CCNC(=NCCc1cccc2cccnc12)N1CCN(c2cnn(C)c2)C(=O)C1.I. The van der Waals surface area contributed by atoms with Crippen LogP contribution < -0.4 is 10.2 Å².